The van der Waals surface area contributed by atoms with Gasteiger partial charge in [0.25, 0.3) is 0 Å². The Morgan fingerprint density at radius 1 is 1.47 bits per heavy atom. The quantitative estimate of drug-likeness (QED) is 0.575. The van der Waals surface area contributed by atoms with Crippen molar-refractivity contribution in [2.75, 3.05) is 0 Å². The number of hydrogen-bond donors (Lipinski definition) is 0. The van der Waals surface area contributed by atoms with Crippen LogP contribution in [0, 0.1) is 5.92 Å². The van der Waals surface area contributed by atoms with Gasteiger partial charge in [0.15, 0.2) is 0 Å². The van der Waals surface area contributed by atoms with Crippen molar-refractivity contribution in [2.24, 2.45) is 5.92 Å². The van der Waals surface area contributed by atoms with Crippen molar-refractivity contribution >= 4 is 0 Å². The van der Waals surface area contributed by atoms with Crippen LogP contribution in [0.3, 0.4) is 0 Å². The van der Waals surface area contributed by atoms with Crippen molar-refractivity contribution in [3.05, 3.63) is 60.8 Å². The predicted octanol–water partition coefficient (Wildman–Crippen LogP) is 4.83. The number of allylic oxidation sites excluding steroid dienone is 8. The lowest BCUT2D eigenvalue weighted by molar-refractivity contribution is 0.731. The molecule has 0 fully saturated rings. The highest BCUT2D eigenvalue weighted by molar-refractivity contribution is 5.46. The summed E-state index contributed by atoms with van der Waals surface area (Å²) in [4.78, 5) is 0. The molecule has 0 nitrogen and oxygen atoms in total. The van der Waals surface area contributed by atoms with Gasteiger partial charge in [-0.15, -0.1) is 0 Å². The van der Waals surface area contributed by atoms with Crippen molar-refractivity contribution < 1.29 is 0 Å². The van der Waals surface area contributed by atoms with Gasteiger partial charge in [0.2, 0.25) is 0 Å². The van der Waals surface area contributed by atoms with E-state index in [1.165, 1.54) is 5.57 Å². The molecule has 1 aliphatic rings. The number of hydrogen-bond acceptors (Lipinski definition) is 0. The van der Waals surface area contributed by atoms with Crippen LogP contribution < -0.4 is 0 Å². The third-order valence-electron chi connectivity index (χ3n) is 2.07. The molecule has 0 saturated carbocycles. The van der Waals surface area contributed by atoms with Crippen LogP contribution in [0.25, 0.3) is 0 Å². The Morgan fingerprint density at radius 3 is 2.67 bits per heavy atom. The lowest BCUT2D eigenvalue weighted by atomic mass is 9.94. The average molecular weight is 202 g/mol. The van der Waals surface area contributed by atoms with E-state index in [9.17, 15) is 0 Å². The Hall–Kier alpha value is -1.30. The summed E-state index contributed by atoms with van der Waals surface area (Å²) < 4.78 is 0. The Bertz CT molecular complexity index is 287. The van der Waals surface area contributed by atoms with Crippen LogP contribution >= 0.6 is 0 Å². The standard InChI is InChI=1S/C13H16.C2H6/c1-4-5-8-12(3)13-9-6-7-11(2)10-13;1-2/h4-6,8-11H,1,3,7H2,2H3;1-2H3/b8-5-;. The third kappa shape index (κ3) is 5.21. The fourth-order valence-electron chi connectivity index (χ4n) is 1.33. The van der Waals surface area contributed by atoms with Gasteiger partial charge in [0.1, 0.15) is 0 Å². The molecule has 0 radical (unpaired) electrons. The zero-order chi connectivity index (χ0) is 11.7. The van der Waals surface area contributed by atoms with E-state index in [0.29, 0.717) is 5.92 Å². The molecule has 15 heavy (non-hydrogen) atoms. The molecule has 1 unspecified atom stereocenters. The molecule has 0 bridgehead atoms. The van der Waals surface area contributed by atoms with E-state index >= 15 is 0 Å². The van der Waals surface area contributed by atoms with Gasteiger partial charge in [-0.05, 0) is 23.5 Å². The topological polar surface area (TPSA) is 0 Å². The summed E-state index contributed by atoms with van der Waals surface area (Å²) in [6, 6.07) is 0. The van der Waals surface area contributed by atoms with E-state index in [0.717, 1.165) is 12.0 Å². The molecule has 82 valence electrons. The van der Waals surface area contributed by atoms with Crippen LogP contribution in [0.2, 0.25) is 0 Å². The second-order valence-corrected chi connectivity index (χ2v) is 3.36. The predicted molar refractivity (Wildman–Crippen MR) is 70.8 cm³/mol. The summed E-state index contributed by atoms with van der Waals surface area (Å²) >= 11 is 0. The molecule has 1 aliphatic carbocycles. The summed E-state index contributed by atoms with van der Waals surface area (Å²) in [7, 11) is 0. The highest BCUT2D eigenvalue weighted by Crippen LogP contribution is 2.21. The maximum Gasteiger partial charge on any atom is -0.0218 e. The second kappa shape index (κ2) is 8.05. The van der Waals surface area contributed by atoms with Gasteiger partial charge < -0.3 is 0 Å². The van der Waals surface area contributed by atoms with E-state index in [2.05, 4.69) is 38.3 Å². The van der Waals surface area contributed by atoms with Crippen LogP contribution in [0.5, 0.6) is 0 Å². The van der Waals surface area contributed by atoms with Crippen molar-refractivity contribution in [3.63, 3.8) is 0 Å². The minimum atomic E-state index is 0.633. The Labute approximate surface area is 94.4 Å². The van der Waals surface area contributed by atoms with Crippen molar-refractivity contribution in [1.29, 1.82) is 0 Å². The summed E-state index contributed by atoms with van der Waals surface area (Å²) in [6.07, 6.45) is 13.4. The fraction of sp³-hybridized carbons (Fsp3) is 0.333. The Kier molecular flexibility index (Phi) is 7.35. The van der Waals surface area contributed by atoms with Crippen molar-refractivity contribution in [2.45, 2.75) is 27.2 Å². The van der Waals surface area contributed by atoms with Crippen LogP contribution in [0.4, 0.5) is 0 Å². The lowest BCUT2D eigenvalue weighted by Crippen LogP contribution is -1.95. The van der Waals surface area contributed by atoms with Gasteiger partial charge in [0.05, 0.1) is 0 Å². The Morgan fingerprint density at radius 2 is 2.13 bits per heavy atom. The summed E-state index contributed by atoms with van der Waals surface area (Å²) in [5, 5.41) is 0. The summed E-state index contributed by atoms with van der Waals surface area (Å²) in [5.74, 6) is 0.633. The Balaban J connectivity index is 0.000000921. The molecule has 0 aromatic rings. The first-order chi connectivity index (χ1) is 7.24. The van der Waals surface area contributed by atoms with Gasteiger partial charge in [-0.3, -0.25) is 0 Å². The van der Waals surface area contributed by atoms with E-state index in [-0.39, 0.29) is 0 Å². The summed E-state index contributed by atoms with van der Waals surface area (Å²) in [6.45, 7) is 13.8. The van der Waals surface area contributed by atoms with E-state index in [1.807, 2.05) is 26.0 Å². The van der Waals surface area contributed by atoms with Gasteiger partial charge >= 0.3 is 0 Å². The summed E-state index contributed by atoms with van der Waals surface area (Å²) in [5.41, 5.74) is 2.29. The molecular weight excluding hydrogens is 180 g/mol. The van der Waals surface area contributed by atoms with Crippen molar-refractivity contribution in [1.82, 2.24) is 0 Å². The van der Waals surface area contributed by atoms with Crippen LogP contribution in [-0.4, -0.2) is 0 Å². The zero-order valence-corrected chi connectivity index (χ0v) is 10.2. The number of rotatable bonds is 3. The molecule has 0 aromatic heterocycles. The van der Waals surface area contributed by atoms with Gasteiger partial charge in [0, 0.05) is 0 Å². The highest BCUT2D eigenvalue weighted by atomic mass is 14.1. The van der Waals surface area contributed by atoms with Crippen molar-refractivity contribution in [3.8, 4) is 0 Å². The monoisotopic (exact) mass is 202 g/mol. The molecule has 0 N–H and O–H groups in total. The minimum absolute atomic E-state index is 0.633. The SMILES string of the molecule is C=C/C=C\C(=C)C1=CC(C)CC=C1.CC. The van der Waals surface area contributed by atoms with E-state index < -0.39 is 0 Å². The minimum Gasteiger partial charge on any atom is -0.0991 e. The average Bonchev–Trinajstić information content (AvgIpc) is 2.28. The molecule has 0 aliphatic heterocycles. The zero-order valence-electron chi connectivity index (χ0n) is 10.2. The first kappa shape index (κ1) is 13.7. The van der Waals surface area contributed by atoms with Gasteiger partial charge in [-0.1, -0.05) is 70.4 Å². The fourth-order valence-corrected chi connectivity index (χ4v) is 1.33. The smallest absolute Gasteiger partial charge is 0.0218 e. The largest absolute Gasteiger partial charge is 0.0991 e. The normalized spacial score (nSPS) is 19.1. The molecule has 0 heterocycles. The molecule has 0 amide bonds. The molecular formula is C15H22. The van der Waals surface area contributed by atoms with E-state index in [4.69, 9.17) is 0 Å². The molecule has 0 spiro atoms. The molecule has 1 atom stereocenters. The molecule has 1 rings (SSSR count). The van der Waals surface area contributed by atoms with Crippen LogP contribution in [0.15, 0.2) is 60.8 Å². The molecule has 0 aromatic carbocycles. The maximum absolute atomic E-state index is 4.00. The third-order valence-corrected chi connectivity index (χ3v) is 2.07. The van der Waals surface area contributed by atoms with Crippen LogP contribution in [-0.2, 0) is 0 Å². The van der Waals surface area contributed by atoms with Gasteiger partial charge in [-0.2, -0.15) is 0 Å². The maximum atomic E-state index is 4.00. The first-order valence-corrected chi connectivity index (χ1v) is 5.61. The second-order valence-electron chi connectivity index (χ2n) is 3.36. The lowest BCUT2D eigenvalue weighted by Gasteiger charge is -2.11. The molecule has 0 heteroatoms. The first-order valence-electron chi connectivity index (χ1n) is 5.61. The van der Waals surface area contributed by atoms with Crippen LogP contribution in [0.1, 0.15) is 27.2 Å². The molecule has 0 saturated heterocycles. The highest BCUT2D eigenvalue weighted by Gasteiger charge is 2.04. The van der Waals surface area contributed by atoms with E-state index in [1.54, 1.807) is 6.08 Å². The van der Waals surface area contributed by atoms with Gasteiger partial charge in [-0.25, -0.2) is 0 Å².